The highest BCUT2D eigenvalue weighted by atomic mass is 16.2. The molecule has 2 aliphatic heterocycles. The molecule has 0 aliphatic carbocycles. The molecule has 3 heterocycles. The number of hydrogen-bond donors (Lipinski definition) is 0. The number of likely N-dealkylation sites (tertiary alicyclic amines) is 1. The number of aromatic nitrogens is 2. The Morgan fingerprint density at radius 1 is 1.13 bits per heavy atom. The molecular formula is C24H26N4O2. The first kappa shape index (κ1) is 18.9. The number of imidazole rings is 1. The molecule has 1 atom stereocenters. The smallest absolute Gasteiger partial charge is 0.246 e. The van der Waals surface area contributed by atoms with Crippen LogP contribution in [0.3, 0.4) is 0 Å². The molecular weight excluding hydrogens is 376 g/mol. The zero-order valence-corrected chi connectivity index (χ0v) is 17.3. The number of carbonyl (C=O) groups is 2. The quantitative estimate of drug-likeness (QED) is 0.672. The van der Waals surface area contributed by atoms with Crippen LogP contribution in [0.4, 0.5) is 5.69 Å². The standard InChI is InChI=1S/C24H26N4O2/c1-2-26-15-18(14-22(26)29)24-25-19-10-4-6-12-21(19)28(24)16-23(30)27-13-7-9-17-8-3-5-11-20(17)27/h3-6,8,10-12,18H,2,7,9,13-16H2,1H3/t18-/m1/s1. The summed E-state index contributed by atoms with van der Waals surface area (Å²) in [6, 6.07) is 16.1. The number of benzene rings is 2. The molecule has 1 aromatic heterocycles. The molecule has 30 heavy (non-hydrogen) atoms. The summed E-state index contributed by atoms with van der Waals surface area (Å²) in [5, 5.41) is 0. The first-order valence-corrected chi connectivity index (χ1v) is 10.8. The van der Waals surface area contributed by atoms with Crippen molar-refractivity contribution in [2.75, 3.05) is 24.5 Å². The van der Waals surface area contributed by atoms with Crippen molar-refractivity contribution in [2.45, 2.75) is 38.6 Å². The Kier molecular flexibility index (Phi) is 4.77. The average molecular weight is 402 g/mol. The van der Waals surface area contributed by atoms with Gasteiger partial charge in [-0.15, -0.1) is 0 Å². The van der Waals surface area contributed by atoms with Crippen molar-refractivity contribution in [2.24, 2.45) is 0 Å². The van der Waals surface area contributed by atoms with E-state index in [1.807, 2.05) is 63.8 Å². The van der Waals surface area contributed by atoms with Crippen LogP contribution < -0.4 is 4.90 Å². The van der Waals surface area contributed by atoms with Gasteiger partial charge in [-0.1, -0.05) is 30.3 Å². The van der Waals surface area contributed by atoms with Crippen LogP contribution >= 0.6 is 0 Å². The maximum Gasteiger partial charge on any atom is 0.246 e. The largest absolute Gasteiger partial charge is 0.342 e. The Labute approximate surface area is 176 Å². The second kappa shape index (κ2) is 7.59. The van der Waals surface area contributed by atoms with Crippen LogP contribution in [0.2, 0.25) is 0 Å². The maximum atomic E-state index is 13.4. The van der Waals surface area contributed by atoms with Crippen molar-refractivity contribution in [1.82, 2.24) is 14.5 Å². The van der Waals surface area contributed by atoms with E-state index in [0.29, 0.717) is 19.5 Å². The molecule has 5 rings (SSSR count). The van der Waals surface area contributed by atoms with Crippen LogP contribution in [0.5, 0.6) is 0 Å². The van der Waals surface area contributed by atoms with Crippen molar-refractivity contribution in [3.63, 3.8) is 0 Å². The first-order chi connectivity index (χ1) is 14.7. The number of para-hydroxylation sites is 3. The molecule has 0 radical (unpaired) electrons. The maximum absolute atomic E-state index is 13.4. The highest BCUT2D eigenvalue weighted by Crippen LogP contribution is 2.31. The van der Waals surface area contributed by atoms with Gasteiger partial charge in [0.05, 0.1) is 11.0 Å². The lowest BCUT2D eigenvalue weighted by atomic mass is 10.0. The van der Waals surface area contributed by atoms with E-state index in [1.54, 1.807) is 0 Å². The van der Waals surface area contributed by atoms with Gasteiger partial charge in [-0.25, -0.2) is 4.98 Å². The summed E-state index contributed by atoms with van der Waals surface area (Å²) >= 11 is 0. The average Bonchev–Trinajstić information content (AvgIpc) is 3.33. The van der Waals surface area contributed by atoms with Gasteiger partial charge in [-0.3, -0.25) is 9.59 Å². The van der Waals surface area contributed by atoms with Crippen LogP contribution in [-0.2, 0) is 22.6 Å². The number of likely N-dealkylation sites (N-methyl/N-ethyl adjacent to an activating group) is 1. The highest BCUT2D eigenvalue weighted by Gasteiger charge is 2.34. The molecule has 2 aliphatic rings. The Morgan fingerprint density at radius 3 is 2.77 bits per heavy atom. The predicted octanol–water partition coefficient (Wildman–Crippen LogP) is 3.35. The minimum Gasteiger partial charge on any atom is -0.342 e. The lowest BCUT2D eigenvalue weighted by molar-refractivity contribution is -0.127. The van der Waals surface area contributed by atoms with Gasteiger partial charge in [0, 0.05) is 37.7 Å². The second-order valence-corrected chi connectivity index (χ2v) is 8.16. The highest BCUT2D eigenvalue weighted by molar-refractivity contribution is 5.95. The summed E-state index contributed by atoms with van der Waals surface area (Å²) in [4.78, 5) is 34.4. The lowest BCUT2D eigenvalue weighted by Gasteiger charge is -2.30. The lowest BCUT2D eigenvalue weighted by Crippen LogP contribution is -2.38. The van der Waals surface area contributed by atoms with E-state index >= 15 is 0 Å². The molecule has 6 nitrogen and oxygen atoms in total. The molecule has 0 unspecified atom stereocenters. The van der Waals surface area contributed by atoms with Crippen LogP contribution in [0.1, 0.15) is 37.1 Å². The van der Waals surface area contributed by atoms with E-state index in [0.717, 1.165) is 41.9 Å². The van der Waals surface area contributed by atoms with Gasteiger partial charge < -0.3 is 14.4 Å². The van der Waals surface area contributed by atoms with E-state index in [-0.39, 0.29) is 24.3 Å². The van der Waals surface area contributed by atoms with Crippen molar-refractivity contribution in [3.8, 4) is 0 Å². The Morgan fingerprint density at radius 2 is 1.93 bits per heavy atom. The van der Waals surface area contributed by atoms with Gasteiger partial charge in [0.1, 0.15) is 12.4 Å². The Balaban J connectivity index is 1.50. The van der Waals surface area contributed by atoms with E-state index in [4.69, 9.17) is 4.98 Å². The monoisotopic (exact) mass is 402 g/mol. The number of hydrogen-bond acceptors (Lipinski definition) is 3. The molecule has 0 saturated carbocycles. The van der Waals surface area contributed by atoms with Gasteiger partial charge in [-0.05, 0) is 43.5 Å². The number of rotatable bonds is 4. The number of fused-ring (bicyclic) bond motifs is 2. The fraction of sp³-hybridized carbons (Fsp3) is 0.375. The summed E-state index contributed by atoms with van der Waals surface area (Å²) < 4.78 is 2.03. The summed E-state index contributed by atoms with van der Waals surface area (Å²) in [5.74, 6) is 1.10. The third kappa shape index (κ3) is 3.16. The van der Waals surface area contributed by atoms with E-state index in [1.165, 1.54) is 5.56 Å². The number of anilines is 1. The third-order valence-corrected chi connectivity index (χ3v) is 6.35. The zero-order valence-electron chi connectivity index (χ0n) is 17.3. The predicted molar refractivity (Wildman–Crippen MR) is 116 cm³/mol. The molecule has 154 valence electrons. The minimum absolute atomic E-state index is 0.0197. The second-order valence-electron chi connectivity index (χ2n) is 8.16. The normalized spacial score (nSPS) is 18.8. The third-order valence-electron chi connectivity index (χ3n) is 6.35. The van der Waals surface area contributed by atoms with E-state index in [9.17, 15) is 9.59 Å². The first-order valence-electron chi connectivity index (χ1n) is 10.8. The number of amides is 2. The van der Waals surface area contributed by atoms with Crippen molar-refractivity contribution < 1.29 is 9.59 Å². The zero-order chi connectivity index (χ0) is 20.7. The number of aryl methyl sites for hydroxylation is 1. The Bertz CT molecular complexity index is 1120. The molecule has 0 N–H and O–H groups in total. The van der Waals surface area contributed by atoms with E-state index in [2.05, 4.69) is 6.07 Å². The van der Waals surface area contributed by atoms with Gasteiger partial charge >= 0.3 is 0 Å². The van der Waals surface area contributed by atoms with Crippen molar-refractivity contribution >= 4 is 28.5 Å². The summed E-state index contributed by atoms with van der Waals surface area (Å²) in [6.45, 7) is 4.35. The van der Waals surface area contributed by atoms with Gasteiger partial charge in [-0.2, -0.15) is 0 Å². The molecule has 0 spiro atoms. The van der Waals surface area contributed by atoms with Crippen LogP contribution in [0, 0.1) is 0 Å². The SMILES string of the molecule is CCN1C[C@H](c2nc3ccccc3n2CC(=O)N2CCCc3ccccc32)CC1=O. The number of carbonyl (C=O) groups excluding carboxylic acids is 2. The molecule has 1 fully saturated rings. The fourth-order valence-corrected chi connectivity index (χ4v) is 4.84. The van der Waals surface area contributed by atoms with Crippen molar-refractivity contribution in [1.29, 1.82) is 0 Å². The molecule has 0 bridgehead atoms. The molecule has 2 amide bonds. The molecule has 2 aromatic carbocycles. The van der Waals surface area contributed by atoms with Crippen LogP contribution in [0.25, 0.3) is 11.0 Å². The van der Waals surface area contributed by atoms with Crippen LogP contribution in [0.15, 0.2) is 48.5 Å². The fourth-order valence-electron chi connectivity index (χ4n) is 4.84. The summed E-state index contributed by atoms with van der Waals surface area (Å²) in [5.41, 5.74) is 4.08. The van der Waals surface area contributed by atoms with Crippen molar-refractivity contribution in [3.05, 3.63) is 59.9 Å². The minimum atomic E-state index is 0.0197. The van der Waals surface area contributed by atoms with E-state index < -0.39 is 0 Å². The molecule has 3 aromatic rings. The van der Waals surface area contributed by atoms with Gasteiger partial charge in [0.2, 0.25) is 11.8 Å². The van der Waals surface area contributed by atoms with Gasteiger partial charge in [0.15, 0.2) is 0 Å². The van der Waals surface area contributed by atoms with Crippen LogP contribution in [-0.4, -0.2) is 45.9 Å². The molecule has 1 saturated heterocycles. The summed E-state index contributed by atoms with van der Waals surface area (Å²) in [7, 11) is 0. The number of nitrogens with zero attached hydrogens (tertiary/aromatic N) is 4. The topological polar surface area (TPSA) is 58.4 Å². The molecule has 6 heteroatoms. The summed E-state index contributed by atoms with van der Waals surface area (Å²) in [6.07, 6.45) is 2.44. The van der Waals surface area contributed by atoms with Gasteiger partial charge in [0.25, 0.3) is 0 Å². The Hall–Kier alpha value is -3.15.